The van der Waals surface area contributed by atoms with Crippen LogP contribution in [0, 0.1) is 0 Å². The SMILES string of the molecule is CCN(C)[C@H](C[NH-])C(=O)Nc1ccc(N2CCOCC2=O)c(C(F)(F)F)c1. The molecule has 0 aromatic heterocycles. The van der Waals surface area contributed by atoms with E-state index < -0.39 is 29.6 Å². The number of alkyl halides is 3. The van der Waals surface area contributed by atoms with Gasteiger partial charge in [-0.05, 0) is 31.8 Å². The van der Waals surface area contributed by atoms with Crippen molar-refractivity contribution in [3.63, 3.8) is 0 Å². The third-order valence-electron chi connectivity index (χ3n) is 4.37. The van der Waals surface area contributed by atoms with E-state index in [1.165, 1.54) is 12.1 Å². The Morgan fingerprint density at radius 3 is 2.70 bits per heavy atom. The Bertz CT molecular complexity index is 696. The first-order valence-corrected chi connectivity index (χ1v) is 8.44. The fraction of sp³-hybridized carbons (Fsp3) is 0.529. The molecule has 1 aliphatic rings. The Morgan fingerprint density at radius 2 is 2.15 bits per heavy atom. The van der Waals surface area contributed by atoms with Crippen molar-refractivity contribution in [1.29, 1.82) is 0 Å². The van der Waals surface area contributed by atoms with Gasteiger partial charge in [-0.3, -0.25) is 14.5 Å². The van der Waals surface area contributed by atoms with Gasteiger partial charge in [0.25, 0.3) is 5.91 Å². The number of nitrogens with zero attached hydrogens (tertiary/aromatic N) is 2. The molecule has 1 aliphatic heterocycles. The number of carbonyl (C=O) groups is 2. The first kappa shape index (κ1) is 21.1. The van der Waals surface area contributed by atoms with Crippen LogP contribution in [0.1, 0.15) is 12.5 Å². The molecule has 0 spiro atoms. The molecule has 2 rings (SSSR count). The summed E-state index contributed by atoms with van der Waals surface area (Å²) in [5, 5.41) is 2.43. The van der Waals surface area contributed by atoms with Crippen molar-refractivity contribution in [2.45, 2.75) is 19.1 Å². The van der Waals surface area contributed by atoms with E-state index in [2.05, 4.69) is 5.32 Å². The van der Waals surface area contributed by atoms with E-state index in [9.17, 15) is 22.8 Å². The van der Waals surface area contributed by atoms with Crippen LogP contribution >= 0.6 is 0 Å². The molecule has 1 aromatic rings. The predicted octanol–water partition coefficient (Wildman–Crippen LogP) is 2.38. The summed E-state index contributed by atoms with van der Waals surface area (Å²) in [6.45, 7) is 2.01. The Labute approximate surface area is 155 Å². The van der Waals surface area contributed by atoms with E-state index >= 15 is 0 Å². The number of rotatable bonds is 6. The van der Waals surface area contributed by atoms with Gasteiger partial charge in [-0.1, -0.05) is 6.92 Å². The number of hydrogen-bond acceptors (Lipinski definition) is 4. The highest BCUT2D eigenvalue weighted by Gasteiger charge is 2.37. The predicted molar refractivity (Wildman–Crippen MR) is 94.5 cm³/mol. The van der Waals surface area contributed by atoms with Crippen LogP contribution in [0.5, 0.6) is 0 Å². The van der Waals surface area contributed by atoms with Gasteiger partial charge in [0.05, 0.1) is 23.9 Å². The third kappa shape index (κ3) is 4.96. The van der Waals surface area contributed by atoms with Gasteiger partial charge in [0.2, 0.25) is 5.91 Å². The summed E-state index contributed by atoms with van der Waals surface area (Å²) >= 11 is 0. The Balaban J connectivity index is 2.32. The van der Waals surface area contributed by atoms with Crippen LogP contribution < -0.4 is 10.2 Å². The highest BCUT2D eigenvalue weighted by atomic mass is 19.4. The molecule has 0 unspecified atom stereocenters. The quantitative estimate of drug-likeness (QED) is 0.812. The monoisotopic (exact) mass is 387 g/mol. The van der Waals surface area contributed by atoms with Crippen molar-refractivity contribution in [3.8, 4) is 0 Å². The summed E-state index contributed by atoms with van der Waals surface area (Å²) in [6.07, 6.45) is -4.70. The Hall–Kier alpha value is -2.17. The molecule has 2 amide bonds. The zero-order chi connectivity index (χ0) is 20.2. The summed E-state index contributed by atoms with van der Waals surface area (Å²) in [4.78, 5) is 26.9. The van der Waals surface area contributed by atoms with E-state index in [1.54, 1.807) is 11.9 Å². The van der Waals surface area contributed by atoms with Crippen LogP contribution in [-0.2, 0) is 20.5 Å². The van der Waals surface area contributed by atoms with E-state index in [4.69, 9.17) is 10.5 Å². The van der Waals surface area contributed by atoms with Crippen LogP contribution in [0.2, 0.25) is 0 Å². The average molecular weight is 387 g/mol. The average Bonchev–Trinajstić information content (AvgIpc) is 2.62. The first-order chi connectivity index (χ1) is 12.7. The number of halogens is 3. The number of ether oxygens (including phenoxy) is 1. The molecule has 150 valence electrons. The van der Waals surface area contributed by atoms with Crippen LogP contribution in [0.3, 0.4) is 0 Å². The van der Waals surface area contributed by atoms with Gasteiger partial charge >= 0.3 is 6.18 Å². The highest BCUT2D eigenvalue weighted by Crippen LogP contribution is 2.38. The minimum Gasteiger partial charge on any atom is -0.676 e. The second kappa shape index (κ2) is 8.68. The highest BCUT2D eigenvalue weighted by molar-refractivity contribution is 5.98. The summed E-state index contributed by atoms with van der Waals surface area (Å²) < 4.78 is 45.6. The topological polar surface area (TPSA) is 85.7 Å². The number of carbonyl (C=O) groups excluding carboxylic acids is 2. The standard InChI is InChI=1S/C17H22F3N4O3/c1-3-23(2)14(9-21)16(26)22-11-4-5-13(12(8-11)17(18,19)20)24-6-7-27-10-15(24)25/h4-5,8,14,21H,3,6-7,9-10H2,1-2H3,(H,22,26)/q-1/t14-/m1/s1. The summed E-state index contributed by atoms with van der Waals surface area (Å²) in [5.74, 6) is -1.11. The fourth-order valence-electron chi connectivity index (χ4n) is 2.74. The van der Waals surface area contributed by atoms with Gasteiger partial charge < -0.3 is 20.7 Å². The van der Waals surface area contributed by atoms with E-state index in [0.29, 0.717) is 6.54 Å². The summed E-state index contributed by atoms with van der Waals surface area (Å²) in [6, 6.07) is 2.52. The molecule has 2 N–H and O–H groups in total. The van der Waals surface area contributed by atoms with Gasteiger partial charge in [0.15, 0.2) is 0 Å². The molecule has 1 aromatic carbocycles. The van der Waals surface area contributed by atoms with Gasteiger partial charge in [-0.2, -0.15) is 13.2 Å². The Kier molecular flexibility index (Phi) is 6.79. The van der Waals surface area contributed by atoms with Crippen LogP contribution in [0.4, 0.5) is 24.5 Å². The van der Waals surface area contributed by atoms with Gasteiger partial charge in [0, 0.05) is 12.2 Å². The van der Waals surface area contributed by atoms with Crippen molar-refractivity contribution in [1.82, 2.24) is 4.90 Å². The maximum atomic E-state index is 13.5. The van der Waals surface area contributed by atoms with Gasteiger partial charge in [-0.15, -0.1) is 6.54 Å². The minimum atomic E-state index is -4.70. The van der Waals surface area contributed by atoms with E-state index in [1.807, 2.05) is 6.92 Å². The number of likely N-dealkylation sites (N-methyl/N-ethyl adjacent to an activating group) is 1. The number of anilines is 2. The number of nitrogens with one attached hydrogen (secondary N) is 2. The first-order valence-electron chi connectivity index (χ1n) is 8.44. The number of morpholine rings is 1. The van der Waals surface area contributed by atoms with E-state index in [0.717, 1.165) is 11.0 Å². The maximum absolute atomic E-state index is 13.5. The Morgan fingerprint density at radius 1 is 1.44 bits per heavy atom. The van der Waals surface area contributed by atoms with Crippen molar-refractivity contribution in [2.24, 2.45) is 0 Å². The summed E-state index contributed by atoms with van der Waals surface area (Å²) in [7, 11) is 1.66. The molecule has 10 heteroatoms. The smallest absolute Gasteiger partial charge is 0.418 e. The van der Waals surface area contributed by atoms with Crippen molar-refractivity contribution in [3.05, 3.63) is 29.5 Å². The molecular formula is C17H22F3N4O3-. The molecule has 7 nitrogen and oxygen atoms in total. The van der Waals surface area contributed by atoms with Crippen LogP contribution in [0.15, 0.2) is 18.2 Å². The number of benzene rings is 1. The lowest BCUT2D eigenvalue weighted by molar-refractivity contribution is -0.137. The second-order valence-corrected chi connectivity index (χ2v) is 6.11. The normalized spacial score (nSPS) is 16.6. The number of amides is 2. The van der Waals surface area contributed by atoms with Crippen molar-refractivity contribution in [2.75, 3.05) is 50.1 Å². The largest absolute Gasteiger partial charge is 0.676 e. The molecule has 27 heavy (non-hydrogen) atoms. The van der Waals surface area contributed by atoms with Crippen LogP contribution in [0.25, 0.3) is 5.73 Å². The second-order valence-electron chi connectivity index (χ2n) is 6.11. The van der Waals surface area contributed by atoms with E-state index in [-0.39, 0.29) is 37.7 Å². The van der Waals surface area contributed by atoms with Crippen molar-refractivity contribution < 1.29 is 27.5 Å². The molecule has 1 saturated heterocycles. The van der Waals surface area contributed by atoms with Gasteiger partial charge in [-0.25, -0.2) is 0 Å². The fourth-order valence-corrected chi connectivity index (χ4v) is 2.74. The molecular weight excluding hydrogens is 365 g/mol. The maximum Gasteiger partial charge on any atom is 0.418 e. The lowest BCUT2D eigenvalue weighted by Gasteiger charge is -2.30. The molecule has 1 atom stereocenters. The molecule has 1 fully saturated rings. The summed E-state index contributed by atoms with van der Waals surface area (Å²) in [5.41, 5.74) is 6.16. The molecule has 0 saturated carbocycles. The molecule has 0 aliphatic carbocycles. The zero-order valence-electron chi connectivity index (χ0n) is 15.1. The third-order valence-corrected chi connectivity index (χ3v) is 4.37. The zero-order valence-corrected chi connectivity index (χ0v) is 15.1. The molecule has 0 bridgehead atoms. The van der Waals surface area contributed by atoms with Gasteiger partial charge in [0.1, 0.15) is 6.61 Å². The lowest BCUT2D eigenvalue weighted by Crippen LogP contribution is -2.43. The van der Waals surface area contributed by atoms with Crippen LogP contribution in [-0.4, -0.2) is 62.7 Å². The molecule has 1 heterocycles. The van der Waals surface area contributed by atoms with Crippen molar-refractivity contribution >= 4 is 23.2 Å². The minimum absolute atomic E-state index is 0.0236. The number of hydrogen-bond donors (Lipinski definition) is 1. The lowest BCUT2D eigenvalue weighted by atomic mass is 10.1. The molecule has 0 radical (unpaired) electrons.